The van der Waals surface area contributed by atoms with Crippen molar-refractivity contribution in [2.75, 3.05) is 17.5 Å². The van der Waals surface area contributed by atoms with Gasteiger partial charge in [-0.2, -0.15) is 0 Å². The number of anilines is 1. The number of carbonyl (C=O) groups is 2. The topological polar surface area (TPSA) is 96.0 Å². The highest BCUT2D eigenvalue weighted by molar-refractivity contribution is 7.92. The Morgan fingerprint density at radius 3 is 2.31 bits per heavy atom. The van der Waals surface area contributed by atoms with Gasteiger partial charge in [0.05, 0.1) is 17.2 Å². The molecule has 4 rings (SSSR count). The molecule has 10 heteroatoms. The van der Waals surface area contributed by atoms with Gasteiger partial charge in [0.15, 0.2) is 0 Å². The van der Waals surface area contributed by atoms with E-state index in [0.29, 0.717) is 23.1 Å². The van der Waals surface area contributed by atoms with E-state index in [1.165, 1.54) is 29.2 Å². The number of ether oxygens (including phenoxy) is 1. The lowest BCUT2D eigenvalue weighted by atomic mass is 10.1. The van der Waals surface area contributed by atoms with Crippen LogP contribution in [0.2, 0.25) is 5.02 Å². The fourth-order valence-corrected chi connectivity index (χ4v) is 6.66. The molecule has 2 amide bonds. The van der Waals surface area contributed by atoms with Crippen molar-refractivity contribution in [1.82, 2.24) is 10.2 Å². The lowest BCUT2D eigenvalue weighted by molar-refractivity contribution is -0.139. The molecule has 224 valence electrons. The first-order valence-electron chi connectivity index (χ1n) is 14.2. The van der Waals surface area contributed by atoms with Gasteiger partial charge in [-0.3, -0.25) is 13.9 Å². The Kier molecular flexibility index (Phi) is 10.5. The third kappa shape index (κ3) is 7.83. The number of hydrogen-bond acceptors (Lipinski definition) is 5. The van der Waals surface area contributed by atoms with Gasteiger partial charge in [0.2, 0.25) is 11.8 Å². The summed E-state index contributed by atoms with van der Waals surface area (Å²) >= 11 is 6.02. The van der Waals surface area contributed by atoms with E-state index < -0.39 is 28.5 Å². The van der Waals surface area contributed by atoms with Crippen LogP contribution < -0.4 is 14.4 Å². The minimum absolute atomic E-state index is 0.00848. The predicted molar refractivity (Wildman–Crippen MR) is 165 cm³/mol. The highest BCUT2D eigenvalue weighted by Crippen LogP contribution is 2.27. The van der Waals surface area contributed by atoms with Gasteiger partial charge in [-0.05, 0) is 87.7 Å². The van der Waals surface area contributed by atoms with Gasteiger partial charge in [0.1, 0.15) is 18.3 Å². The summed E-state index contributed by atoms with van der Waals surface area (Å²) in [7, 11) is -4.18. The normalized spacial score (nSPS) is 14.3. The Morgan fingerprint density at radius 1 is 1.02 bits per heavy atom. The van der Waals surface area contributed by atoms with Crippen molar-refractivity contribution in [3.63, 3.8) is 0 Å². The zero-order valence-electron chi connectivity index (χ0n) is 24.3. The second-order valence-electron chi connectivity index (χ2n) is 10.6. The number of sulfonamides is 1. The number of aryl methyl sites for hydroxylation is 1. The maximum Gasteiger partial charge on any atom is 0.264 e. The van der Waals surface area contributed by atoms with Crippen LogP contribution in [0.1, 0.15) is 50.7 Å². The van der Waals surface area contributed by atoms with Crippen molar-refractivity contribution in [1.29, 1.82) is 0 Å². The zero-order chi connectivity index (χ0) is 30.3. The molecule has 1 atom stereocenters. The van der Waals surface area contributed by atoms with E-state index in [2.05, 4.69) is 5.32 Å². The van der Waals surface area contributed by atoms with Crippen molar-refractivity contribution >= 4 is 39.1 Å². The maximum atomic E-state index is 14.1. The molecule has 8 nitrogen and oxygen atoms in total. The number of benzene rings is 3. The van der Waals surface area contributed by atoms with Gasteiger partial charge in [-0.1, -0.05) is 54.3 Å². The molecule has 0 radical (unpaired) electrons. The third-order valence-electron chi connectivity index (χ3n) is 7.42. The van der Waals surface area contributed by atoms with Crippen molar-refractivity contribution in [3.05, 3.63) is 88.9 Å². The summed E-state index contributed by atoms with van der Waals surface area (Å²) in [5, 5.41) is 3.48. The van der Waals surface area contributed by atoms with Gasteiger partial charge < -0.3 is 15.0 Å². The molecule has 0 aliphatic heterocycles. The number of carbonyl (C=O) groups excluding carboxylic acids is 2. The molecular weight excluding hydrogens is 574 g/mol. The molecule has 1 fully saturated rings. The molecule has 3 aromatic rings. The first-order chi connectivity index (χ1) is 20.1. The molecule has 0 aromatic heterocycles. The molecule has 0 spiro atoms. The Morgan fingerprint density at radius 2 is 1.69 bits per heavy atom. The number of halogens is 1. The fourth-order valence-electron chi connectivity index (χ4n) is 5.12. The summed E-state index contributed by atoms with van der Waals surface area (Å²) in [6.07, 6.45) is 3.94. The first kappa shape index (κ1) is 31.4. The van der Waals surface area contributed by atoms with Crippen molar-refractivity contribution in [3.8, 4) is 5.75 Å². The molecule has 1 saturated carbocycles. The highest BCUT2D eigenvalue weighted by Gasteiger charge is 2.33. The van der Waals surface area contributed by atoms with Crippen molar-refractivity contribution < 1.29 is 22.7 Å². The summed E-state index contributed by atoms with van der Waals surface area (Å²) in [5.41, 5.74) is 2.15. The van der Waals surface area contributed by atoms with E-state index in [0.717, 1.165) is 41.1 Å². The molecule has 1 aliphatic carbocycles. The summed E-state index contributed by atoms with van der Waals surface area (Å²) < 4.78 is 34.5. The summed E-state index contributed by atoms with van der Waals surface area (Å²) in [5.74, 6) is -0.178. The quantitative estimate of drug-likeness (QED) is 0.283. The van der Waals surface area contributed by atoms with Crippen LogP contribution in [0.25, 0.3) is 0 Å². The average Bonchev–Trinajstić information content (AvgIpc) is 3.48. The minimum atomic E-state index is -4.18. The molecule has 1 aliphatic rings. The number of nitrogens with zero attached hydrogens (tertiary/aromatic N) is 2. The van der Waals surface area contributed by atoms with Crippen molar-refractivity contribution in [2.24, 2.45) is 0 Å². The molecule has 0 saturated heterocycles. The number of rotatable bonds is 12. The van der Waals surface area contributed by atoms with Crippen LogP contribution in [0.5, 0.6) is 5.75 Å². The van der Waals surface area contributed by atoms with Gasteiger partial charge in [0, 0.05) is 17.6 Å². The van der Waals surface area contributed by atoms with E-state index in [1.807, 2.05) is 38.1 Å². The summed E-state index contributed by atoms with van der Waals surface area (Å²) in [6.45, 7) is 5.60. The number of nitrogens with one attached hydrogen (secondary N) is 1. The van der Waals surface area contributed by atoms with E-state index in [9.17, 15) is 18.0 Å². The molecular formula is C32H38ClN3O5S. The van der Waals surface area contributed by atoms with Crippen LogP contribution in [0.4, 0.5) is 5.69 Å². The first-order valence-corrected chi connectivity index (χ1v) is 16.1. The molecule has 0 heterocycles. The third-order valence-corrected chi connectivity index (χ3v) is 9.46. The SMILES string of the molecule is CCOc1ccc(N(CC(=O)N(Cc2cccc(C)c2)[C@H](C)C(=O)NC2CCCC2)S(=O)(=O)c2ccc(Cl)cc2)cc1. The number of hydrogen-bond donors (Lipinski definition) is 1. The number of amides is 2. The second kappa shape index (κ2) is 14.1. The molecule has 0 unspecified atom stereocenters. The van der Waals surface area contributed by atoms with E-state index >= 15 is 0 Å². The van der Waals surface area contributed by atoms with E-state index in [4.69, 9.17) is 16.3 Å². The Balaban J connectivity index is 1.69. The largest absolute Gasteiger partial charge is 0.494 e. The standard InChI is InChI=1S/C32H38ClN3O5S/c1-4-41-29-16-14-28(15-17-29)36(42(39,40)30-18-12-26(33)13-19-30)22-31(37)35(21-25-9-7-8-23(2)20-25)24(3)32(38)34-27-10-5-6-11-27/h7-9,12-20,24,27H,4-6,10-11,21-22H2,1-3H3,(H,34,38)/t24-/m1/s1. The van der Waals surface area contributed by atoms with Crippen LogP contribution in [-0.4, -0.2) is 50.4 Å². The van der Waals surface area contributed by atoms with Gasteiger partial charge in [-0.25, -0.2) is 8.42 Å². The van der Waals surface area contributed by atoms with Crippen LogP contribution in [0.15, 0.2) is 77.7 Å². The molecule has 42 heavy (non-hydrogen) atoms. The van der Waals surface area contributed by atoms with Crippen LogP contribution in [0, 0.1) is 6.92 Å². The Hall–Kier alpha value is -3.56. The lowest BCUT2D eigenvalue weighted by Gasteiger charge is -2.32. The van der Waals surface area contributed by atoms with Gasteiger partial charge in [-0.15, -0.1) is 0 Å². The minimum Gasteiger partial charge on any atom is -0.494 e. The van der Waals surface area contributed by atoms with Gasteiger partial charge in [0.25, 0.3) is 10.0 Å². The summed E-state index contributed by atoms with van der Waals surface area (Å²) in [4.78, 5) is 28.9. The van der Waals surface area contributed by atoms with Crippen LogP contribution in [-0.2, 0) is 26.2 Å². The Bertz CT molecular complexity index is 1470. The highest BCUT2D eigenvalue weighted by atomic mass is 35.5. The van der Waals surface area contributed by atoms with Crippen LogP contribution >= 0.6 is 11.6 Å². The Labute approximate surface area is 253 Å². The van der Waals surface area contributed by atoms with Crippen LogP contribution in [0.3, 0.4) is 0 Å². The van der Waals surface area contributed by atoms with Gasteiger partial charge >= 0.3 is 0 Å². The molecule has 0 bridgehead atoms. The smallest absolute Gasteiger partial charge is 0.264 e. The lowest BCUT2D eigenvalue weighted by Crippen LogP contribution is -2.52. The summed E-state index contributed by atoms with van der Waals surface area (Å²) in [6, 6.07) is 19.3. The molecule has 3 aromatic carbocycles. The fraction of sp³-hybridized carbons (Fsp3) is 0.375. The van der Waals surface area contributed by atoms with E-state index in [-0.39, 0.29) is 23.4 Å². The van der Waals surface area contributed by atoms with E-state index in [1.54, 1.807) is 31.2 Å². The monoisotopic (exact) mass is 611 g/mol. The van der Waals surface area contributed by atoms with Crippen molar-refractivity contribution in [2.45, 2.75) is 70.0 Å². The average molecular weight is 612 g/mol. The zero-order valence-corrected chi connectivity index (χ0v) is 25.8. The predicted octanol–water partition coefficient (Wildman–Crippen LogP) is 5.72. The molecule has 1 N–H and O–H groups in total. The maximum absolute atomic E-state index is 14.1. The second-order valence-corrected chi connectivity index (χ2v) is 12.9.